The Morgan fingerprint density at radius 2 is 1.63 bits per heavy atom. The Morgan fingerprint density at radius 1 is 1.05 bits per heavy atom. The lowest BCUT2D eigenvalue weighted by molar-refractivity contribution is 0.208. The molecule has 0 fully saturated rings. The zero-order chi connectivity index (χ0) is 13.9. The van der Waals surface area contributed by atoms with E-state index in [1.54, 1.807) is 0 Å². The minimum absolute atomic E-state index is 0.106. The van der Waals surface area contributed by atoms with Crippen molar-refractivity contribution in [2.24, 2.45) is 5.73 Å². The molecule has 0 amide bonds. The molecule has 0 bridgehead atoms. The van der Waals surface area contributed by atoms with Gasteiger partial charge >= 0.3 is 0 Å². The monoisotopic (exact) mass is 267 g/mol. The Balaban J connectivity index is 1.91. The van der Waals surface area contributed by atoms with E-state index in [2.05, 4.69) is 23.3 Å². The summed E-state index contributed by atoms with van der Waals surface area (Å²) in [6.45, 7) is 4.32. The van der Waals surface area contributed by atoms with E-state index in [1.165, 1.54) is 64.2 Å². The minimum atomic E-state index is 0.106. The maximum absolute atomic E-state index is 5.93. The van der Waals surface area contributed by atoms with Crippen LogP contribution in [0.25, 0.3) is 0 Å². The zero-order valence-corrected chi connectivity index (χ0v) is 12.9. The lowest BCUT2D eigenvalue weighted by Crippen LogP contribution is -2.44. The number of hydrogen-bond acceptors (Lipinski definition) is 3. The highest BCUT2D eigenvalue weighted by Crippen LogP contribution is 2.15. The molecule has 1 rings (SSSR count). The summed E-state index contributed by atoms with van der Waals surface area (Å²) in [7, 11) is 0. The maximum atomic E-state index is 5.93. The van der Waals surface area contributed by atoms with Gasteiger partial charge in [0.2, 0.25) is 0 Å². The number of unbranched alkanes of at least 4 members (excludes halogenated alkanes) is 8. The number of nitrogens with two attached hydrogens (primary N) is 1. The van der Waals surface area contributed by atoms with Crippen molar-refractivity contribution in [3.63, 3.8) is 0 Å². The Kier molecular flexibility index (Phi) is 8.72. The molecule has 3 heteroatoms. The van der Waals surface area contributed by atoms with Gasteiger partial charge in [0.25, 0.3) is 0 Å². The van der Waals surface area contributed by atoms with Gasteiger partial charge in [-0.2, -0.15) is 0 Å². The molecular weight excluding hydrogens is 234 g/mol. The summed E-state index contributed by atoms with van der Waals surface area (Å²) < 4.78 is 0. The fourth-order valence-electron chi connectivity index (χ4n) is 2.73. The van der Waals surface area contributed by atoms with Gasteiger partial charge < -0.3 is 16.0 Å². The first kappa shape index (κ1) is 16.4. The highest BCUT2D eigenvalue weighted by molar-refractivity contribution is 4.95. The van der Waals surface area contributed by atoms with Crippen LogP contribution < -0.4 is 11.1 Å². The van der Waals surface area contributed by atoms with Gasteiger partial charge in [-0.1, -0.05) is 58.3 Å². The van der Waals surface area contributed by atoms with Crippen molar-refractivity contribution >= 4 is 0 Å². The SMILES string of the molecule is CCCCCCCCCCCC1NC=CN1C(C)N. The predicted molar refractivity (Wildman–Crippen MR) is 83.4 cm³/mol. The third-order valence-corrected chi connectivity index (χ3v) is 3.95. The molecule has 0 radical (unpaired) electrons. The molecule has 0 spiro atoms. The van der Waals surface area contributed by atoms with Gasteiger partial charge in [0.1, 0.15) is 0 Å². The first-order valence-corrected chi connectivity index (χ1v) is 8.21. The van der Waals surface area contributed by atoms with Crippen LogP contribution in [-0.2, 0) is 0 Å². The molecule has 1 aliphatic heterocycles. The first-order chi connectivity index (χ1) is 9.25. The summed E-state index contributed by atoms with van der Waals surface area (Å²) in [5.41, 5.74) is 5.93. The van der Waals surface area contributed by atoms with Crippen LogP contribution in [0.3, 0.4) is 0 Å². The number of hydrogen-bond donors (Lipinski definition) is 2. The lowest BCUT2D eigenvalue weighted by atomic mass is 10.1. The normalized spacial score (nSPS) is 19.7. The topological polar surface area (TPSA) is 41.3 Å². The van der Waals surface area contributed by atoms with Crippen molar-refractivity contribution in [1.29, 1.82) is 0 Å². The van der Waals surface area contributed by atoms with Gasteiger partial charge in [-0.25, -0.2) is 0 Å². The zero-order valence-electron chi connectivity index (χ0n) is 12.9. The smallest absolute Gasteiger partial charge is 0.0995 e. The molecule has 3 N–H and O–H groups in total. The molecule has 0 aromatic carbocycles. The van der Waals surface area contributed by atoms with E-state index in [0.29, 0.717) is 6.17 Å². The second-order valence-electron chi connectivity index (χ2n) is 5.80. The van der Waals surface area contributed by atoms with Crippen molar-refractivity contribution in [1.82, 2.24) is 10.2 Å². The second-order valence-corrected chi connectivity index (χ2v) is 5.80. The standard InChI is InChI=1S/C16H33N3/c1-3-4-5-6-7-8-9-10-11-12-16-18-13-14-19(16)15(2)17/h13-16,18H,3-12,17H2,1-2H3. The minimum Gasteiger partial charge on any atom is -0.370 e. The summed E-state index contributed by atoms with van der Waals surface area (Å²) in [6, 6.07) is 0. The van der Waals surface area contributed by atoms with Crippen LogP contribution >= 0.6 is 0 Å². The fraction of sp³-hybridized carbons (Fsp3) is 0.875. The van der Waals surface area contributed by atoms with Crippen molar-refractivity contribution < 1.29 is 0 Å². The fourth-order valence-corrected chi connectivity index (χ4v) is 2.73. The Labute approximate surface area is 119 Å². The van der Waals surface area contributed by atoms with Crippen LogP contribution in [0.15, 0.2) is 12.4 Å². The molecule has 1 aliphatic rings. The highest BCUT2D eigenvalue weighted by atomic mass is 15.3. The molecule has 0 aliphatic carbocycles. The van der Waals surface area contributed by atoms with Crippen LogP contribution in [0.2, 0.25) is 0 Å². The number of nitrogens with one attached hydrogen (secondary N) is 1. The summed E-state index contributed by atoms with van der Waals surface area (Å²) in [4.78, 5) is 2.21. The summed E-state index contributed by atoms with van der Waals surface area (Å²) in [5.74, 6) is 0. The Morgan fingerprint density at radius 3 is 2.21 bits per heavy atom. The van der Waals surface area contributed by atoms with E-state index in [-0.39, 0.29) is 6.17 Å². The van der Waals surface area contributed by atoms with Crippen LogP contribution in [0, 0.1) is 0 Å². The largest absolute Gasteiger partial charge is 0.370 e. The van der Waals surface area contributed by atoms with Crippen molar-refractivity contribution in [2.45, 2.75) is 90.4 Å². The van der Waals surface area contributed by atoms with Gasteiger partial charge in [-0.3, -0.25) is 0 Å². The average molecular weight is 267 g/mol. The van der Waals surface area contributed by atoms with Crippen LogP contribution in [0.4, 0.5) is 0 Å². The van der Waals surface area contributed by atoms with Gasteiger partial charge in [0.05, 0.1) is 12.3 Å². The predicted octanol–water partition coefficient (Wildman–Crippen LogP) is 3.91. The number of rotatable bonds is 11. The van der Waals surface area contributed by atoms with Gasteiger partial charge in [0.15, 0.2) is 0 Å². The van der Waals surface area contributed by atoms with Crippen molar-refractivity contribution in [3.05, 3.63) is 12.4 Å². The van der Waals surface area contributed by atoms with Crippen LogP contribution in [-0.4, -0.2) is 17.2 Å². The first-order valence-electron chi connectivity index (χ1n) is 8.21. The third kappa shape index (κ3) is 6.86. The summed E-state index contributed by atoms with van der Waals surface area (Å²) in [5, 5.41) is 3.38. The lowest BCUT2D eigenvalue weighted by Gasteiger charge is -2.28. The van der Waals surface area contributed by atoms with E-state index in [1.807, 2.05) is 13.1 Å². The van der Waals surface area contributed by atoms with Gasteiger partial charge in [0, 0.05) is 12.4 Å². The molecule has 19 heavy (non-hydrogen) atoms. The van der Waals surface area contributed by atoms with E-state index >= 15 is 0 Å². The van der Waals surface area contributed by atoms with Crippen LogP contribution in [0.5, 0.6) is 0 Å². The molecule has 0 saturated carbocycles. The van der Waals surface area contributed by atoms with E-state index < -0.39 is 0 Å². The molecular formula is C16H33N3. The second kappa shape index (κ2) is 10.1. The molecule has 112 valence electrons. The molecule has 0 saturated heterocycles. The molecule has 0 aromatic rings. The quantitative estimate of drug-likeness (QED) is 0.558. The number of nitrogens with zero attached hydrogens (tertiary/aromatic N) is 1. The summed E-state index contributed by atoms with van der Waals surface area (Å²) in [6.07, 6.45) is 18.3. The molecule has 2 unspecified atom stereocenters. The van der Waals surface area contributed by atoms with E-state index in [0.717, 1.165) is 0 Å². The highest BCUT2D eigenvalue weighted by Gasteiger charge is 2.20. The van der Waals surface area contributed by atoms with E-state index in [9.17, 15) is 0 Å². The molecule has 2 atom stereocenters. The average Bonchev–Trinajstić information content (AvgIpc) is 2.85. The van der Waals surface area contributed by atoms with Gasteiger partial charge in [-0.15, -0.1) is 0 Å². The van der Waals surface area contributed by atoms with Crippen molar-refractivity contribution in [2.75, 3.05) is 0 Å². The van der Waals surface area contributed by atoms with E-state index in [4.69, 9.17) is 5.73 Å². The van der Waals surface area contributed by atoms with Gasteiger partial charge in [-0.05, 0) is 19.8 Å². The summed E-state index contributed by atoms with van der Waals surface area (Å²) >= 11 is 0. The maximum Gasteiger partial charge on any atom is 0.0995 e. The molecule has 1 heterocycles. The Hall–Kier alpha value is -0.700. The molecule has 0 aromatic heterocycles. The Bertz CT molecular complexity index is 238. The molecule has 3 nitrogen and oxygen atoms in total. The third-order valence-electron chi connectivity index (χ3n) is 3.95. The van der Waals surface area contributed by atoms with Crippen LogP contribution in [0.1, 0.15) is 78.1 Å². The van der Waals surface area contributed by atoms with Crippen molar-refractivity contribution in [3.8, 4) is 0 Å².